The van der Waals surface area contributed by atoms with Crippen molar-refractivity contribution in [2.75, 3.05) is 30.8 Å². The van der Waals surface area contributed by atoms with E-state index in [9.17, 15) is 10.1 Å². The molecule has 0 aliphatic heterocycles. The van der Waals surface area contributed by atoms with E-state index in [1.165, 1.54) is 12.1 Å². The third-order valence-corrected chi connectivity index (χ3v) is 2.49. The van der Waals surface area contributed by atoms with E-state index in [2.05, 4.69) is 17.2 Å². The number of aromatic nitrogens is 1. The number of rotatable bonds is 9. The van der Waals surface area contributed by atoms with Crippen molar-refractivity contribution in [3.05, 3.63) is 22.2 Å². The van der Waals surface area contributed by atoms with E-state index in [0.717, 1.165) is 25.9 Å². The molecule has 0 aliphatic carbocycles. The van der Waals surface area contributed by atoms with Crippen LogP contribution in [0.3, 0.4) is 0 Å². The van der Waals surface area contributed by atoms with E-state index < -0.39 is 4.92 Å². The standard InChI is InChI=1S/C12H20N4O3/c1-2-3-8-19-9-4-7-14-12-10(16(17)18)5-6-11(13)15-12/h5-6H,2-4,7-9H2,1H3,(H3,13,14,15). The molecule has 7 nitrogen and oxygen atoms in total. The lowest BCUT2D eigenvalue weighted by Gasteiger charge is -2.07. The van der Waals surface area contributed by atoms with Gasteiger partial charge >= 0.3 is 5.69 Å². The van der Waals surface area contributed by atoms with Gasteiger partial charge in [0.2, 0.25) is 5.82 Å². The minimum Gasteiger partial charge on any atom is -0.384 e. The lowest BCUT2D eigenvalue weighted by atomic mass is 10.3. The van der Waals surface area contributed by atoms with Crippen molar-refractivity contribution < 1.29 is 9.66 Å². The largest absolute Gasteiger partial charge is 0.384 e. The van der Waals surface area contributed by atoms with Crippen molar-refractivity contribution in [1.82, 2.24) is 4.98 Å². The third kappa shape index (κ3) is 5.52. The monoisotopic (exact) mass is 268 g/mol. The second kappa shape index (κ2) is 8.25. The van der Waals surface area contributed by atoms with E-state index in [1.54, 1.807) is 0 Å². The Labute approximate surface area is 112 Å². The van der Waals surface area contributed by atoms with Crippen molar-refractivity contribution in [3.8, 4) is 0 Å². The lowest BCUT2D eigenvalue weighted by Crippen LogP contribution is -2.10. The summed E-state index contributed by atoms with van der Waals surface area (Å²) in [6.45, 7) is 4.05. The summed E-state index contributed by atoms with van der Waals surface area (Å²) in [7, 11) is 0. The maximum absolute atomic E-state index is 10.8. The van der Waals surface area contributed by atoms with Gasteiger partial charge in [-0.05, 0) is 18.9 Å². The molecule has 0 radical (unpaired) electrons. The predicted molar refractivity (Wildman–Crippen MR) is 74.1 cm³/mol. The number of nitrogen functional groups attached to an aromatic ring is 1. The molecule has 1 heterocycles. The summed E-state index contributed by atoms with van der Waals surface area (Å²) in [5.74, 6) is 0.464. The van der Waals surface area contributed by atoms with Gasteiger partial charge in [-0.15, -0.1) is 0 Å². The quantitative estimate of drug-likeness (QED) is 0.404. The van der Waals surface area contributed by atoms with Crippen LogP contribution in [0.25, 0.3) is 0 Å². The summed E-state index contributed by atoms with van der Waals surface area (Å²) in [5, 5.41) is 13.7. The van der Waals surface area contributed by atoms with Crippen LogP contribution in [0.2, 0.25) is 0 Å². The summed E-state index contributed by atoms with van der Waals surface area (Å²) >= 11 is 0. The van der Waals surface area contributed by atoms with Crippen LogP contribution < -0.4 is 11.1 Å². The summed E-state index contributed by atoms with van der Waals surface area (Å²) in [6.07, 6.45) is 2.92. The number of nitrogens with two attached hydrogens (primary N) is 1. The second-order valence-corrected chi connectivity index (χ2v) is 4.11. The van der Waals surface area contributed by atoms with Crippen molar-refractivity contribution in [2.24, 2.45) is 0 Å². The molecule has 0 fully saturated rings. The minimum absolute atomic E-state index is 0.0684. The molecule has 0 saturated carbocycles. The molecule has 3 N–H and O–H groups in total. The van der Waals surface area contributed by atoms with Crippen LogP contribution in [0, 0.1) is 10.1 Å². The number of anilines is 2. The van der Waals surface area contributed by atoms with Crippen LogP contribution in [0.15, 0.2) is 12.1 Å². The number of nitrogens with zero attached hydrogens (tertiary/aromatic N) is 2. The van der Waals surface area contributed by atoms with Gasteiger partial charge in [-0.25, -0.2) is 4.98 Å². The smallest absolute Gasteiger partial charge is 0.311 e. The molecule has 0 atom stereocenters. The maximum Gasteiger partial charge on any atom is 0.311 e. The van der Waals surface area contributed by atoms with E-state index in [4.69, 9.17) is 10.5 Å². The van der Waals surface area contributed by atoms with Gasteiger partial charge in [-0.3, -0.25) is 10.1 Å². The van der Waals surface area contributed by atoms with Gasteiger partial charge in [-0.1, -0.05) is 13.3 Å². The van der Waals surface area contributed by atoms with Crippen molar-refractivity contribution in [1.29, 1.82) is 0 Å². The highest BCUT2D eigenvalue weighted by Gasteiger charge is 2.14. The normalized spacial score (nSPS) is 10.4. The lowest BCUT2D eigenvalue weighted by molar-refractivity contribution is -0.384. The number of pyridine rings is 1. The zero-order valence-corrected chi connectivity index (χ0v) is 11.1. The van der Waals surface area contributed by atoms with Crippen LogP contribution in [0.4, 0.5) is 17.3 Å². The van der Waals surface area contributed by atoms with Gasteiger partial charge in [0, 0.05) is 25.8 Å². The average molecular weight is 268 g/mol. The number of hydrogen-bond donors (Lipinski definition) is 2. The molecular weight excluding hydrogens is 248 g/mol. The highest BCUT2D eigenvalue weighted by atomic mass is 16.6. The zero-order valence-electron chi connectivity index (χ0n) is 11.1. The van der Waals surface area contributed by atoms with Crippen LogP contribution in [0.1, 0.15) is 26.2 Å². The topological polar surface area (TPSA) is 103 Å². The Morgan fingerprint density at radius 2 is 2.16 bits per heavy atom. The van der Waals surface area contributed by atoms with Crippen LogP contribution >= 0.6 is 0 Å². The first-order valence-corrected chi connectivity index (χ1v) is 6.37. The fourth-order valence-corrected chi connectivity index (χ4v) is 1.47. The number of unbranched alkanes of at least 4 members (excludes halogenated alkanes) is 1. The predicted octanol–water partition coefficient (Wildman–Crippen LogP) is 2.19. The molecule has 19 heavy (non-hydrogen) atoms. The second-order valence-electron chi connectivity index (χ2n) is 4.11. The van der Waals surface area contributed by atoms with Gasteiger partial charge in [0.1, 0.15) is 5.82 Å². The van der Waals surface area contributed by atoms with Gasteiger partial charge in [0.05, 0.1) is 4.92 Å². The molecular formula is C12H20N4O3. The van der Waals surface area contributed by atoms with E-state index in [1.807, 2.05) is 0 Å². The number of nitro groups is 1. The van der Waals surface area contributed by atoms with Crippen LogP contribution in [-0.4, -0.2) is 29.7 Å². The molecule has 0 spiro atoms. The Morgan fingerprint density at radius 1 is 1.42 bits per heavy atom. The molecule has 0 unspecified atom stereocenters. The molecule has 1 rings (SSSR count). The fourth-order valence-electron chi connectivity index (χ4n) is 1.47. The zero-order chi connectivity index (χ0) is 14.1. The number of hydrogen-bond acceptors (Lipinski definition) is 6. The molecule has 1 aromatic rings. The maximum atomic E-state index is 10.8. The first-order chi connectivity index (χ1) is 9.15. The van der Waals surface area contributed by atoms with E-state index in [-0.39, 0.29) is 17.3 Å². The SMILES string of the molecule is CCCCOCCCNc1nc(N)ccc1[N+](=O)[O-]. The Bertz CT molecular complexity index is 412. The Balaban J connectivity index is 2.36. The fraction of sp³-hybridized carbons (Fsp3) is 0.583. The third-order valence-electron chi connectivity index (χ3n) is 2.49. The average Bonchev–Trinajstić information content (AvgIpc) is 2.37. The summed E-state index contributed by atoms with van der Waals surface area (Å²) in [4.78, 5) is 14.2. The molecule has 0 aliphatic rings. The van der Waals surface area contributed by atoms with Gasteiger partial charge < -0.3 is 15.8 Å². The molecule has 0 saturated heterocycles. The highest BCUT2D eigenvalue weighted by molar-refractivity contribution is 5.59. The van der Waals surface area contributed by atoms with Crippen molar-refractivity contribution in [2.45, 2.75) is 26.2 Å². The van der Waals surface area contributed by atoms with E-state index in [0.29, 0.717) is 13.2 Å². The first kappa shape index (κ1) is 15.2. The molecule has 0 aromatic carbocycles. The van der Waals surface area contributed by atoms with Crippen molar-refractivity contribution >= 4 is 17.3 Å². The number of nitrogens with one attached hydrogen (secondary N) is 1. The highest BCUT2D eigenvalue weighted by Crippen LogP contribution is 2.22. The molecule has 1 aromatic heterocycles. The summed E-state index contributed by atoms with van der Waals surface area (Å²) in [6, 6.07) is 2.76. The van der Waals surface area contributed by atoms with Gasteiger partial charge in [-0.2, -0.15) is 0 Å². The Morgan fingerprint density at radius 3 is 2.84 bits per heavy atom. The molecule has 0 bridgehead atoms. The van der Waals surface area contributed by atoms with Gasteiger partial charge in [0.25, 0.3) is 0 Å². The van der Waals surface area contributed by atoms with Crippen molar-refractivity contribution in [3.63, 3.8) is 0 Å². The summed E-state index contributed by atoms with van der Waals surface area (Å²) in [5.41, 5.74) is 5.45. The Kier molecular flexibility index (Phi) is 6.59. The van der Waals surface area contributed by atoms with Gasteiger partial charge in [0.15, 0.2) is 0 Å². The molecule has 0 amide bonds. The first-order valence-electron chi connectivity index (χ1n) is 6.37. The van der Waals surface area contributed by atoms with E-state index >= 15 is 0 Å². The summed E-state index contributed by atoms with van der Waals surface area (Å²) < 4.78 is 5.39. The van der Waals surface area contributed by atoms with Crippen LogP contribution in [-0.2, 0) is 4.74 Å². The minimum atomic E-state index is -0.480. The molecule has 106 valence electrons. The number of ether oxygens (including phenoxy) is 1. The van der Waals surface area contributed by atoms with Crippen LogP contribution in [0.5, 0.6) is 0 Å². The Hall–Kier alpha value is -1.89. The molecule has 7 heteroatoms.